The van der Waals surface area contributed by atoms with Crippen LogP contribution in [0.5, 0.6) is 0 Å². The van der Waals surface area contributed by atoms with Crippen molar-refractivity contribution in [2.45, 2.75) is 36.7 Å². The summed E-state index contributed by atoms with van der Waals surface area (Å²) in [4.78, 5) is 69.9. The quantitative estimate of drug-likeness (QED) is 0.0593. The fourth-order valence-electron chi connectivity index (χ4n) is 6.57. The Balaban J connectivity index is 0.988. The van der Waals surface area contributed by atoms with Gasteiger partial charge in [-0.25, -0.2) is 31.7 Å². The number of H-pyrrole nitrogens is 1. The Morgan fingerprint density at radius 1 is 0.828 bits per heavy atom. The molecule has 5 aromatic carbocycles. The second-order valence-electron chi connectivity index (χ2n) is 13.1. The molecule has 19 nitrogen and oxygen atoms in total. The zero-order chi connectivity index (χ0) is 41.6. The molecule has 58 heavy (non-hydrogen) atoms. The van der Waals surface area contributed by atoms with Crippen LogP contribution < -0.4 is 11.2 Å². The summed E-state index contributed by atoms with van der Waals surface area (Å²) in [5.41, 5.74) is -1.30. The van der Waals surface area contributed by atoms with Gasteiger partial charge in [-0.3, -0.25) is 23.4 Å². The molecule has 0 aliphatic carbocycles. The van der Waals surface area contributed by atoms with Crippen molar-refractivity contribution >= 4 is 71.6 Å². The Hall–Kier alpha value is -4.39. The van der Waals surface area contributed by atoms with Gasteiger partial charge in [0.1, 0.15) is 18.4 Å². The molecule has 6 aromatic rings. The van der Waals surface area contributed by atoms with Crippen LogP contribution >= 0.6 is 23.5 Å². The first-order chi connectivity index (χ1) is 27.3. The van der Waals surface area contributed by atoms with Gasteiger partial charge in [0.15, 0.2) is 9.84 Å². The lowest BCUT2D eigenvalue weighted by Crippen LogP contribution is -2.33. The van der Waals surface area contributed by atoms with Gasteiger partial charge < -0.3 is 24.2 Å². The number of phosphoric acid groups is 3. The summed E-state index contributed by atoms with van der Waals surface area (Å²) < 4.78 is 95.0. The standard InChI is InChI=1S/C35H33N2O17P3S/c1-21-19-37(35(40)36-33(21)38)30-18-27(52-34(39)25-6-3-2-4-7-25)28(51-30)20-50-56(43,44)54-57(45,46)53-55(41,42)49-16-17-58(47,48)29-15-13-24-11-10-22-8-5-9-23-12-14-26(29)32(24)31(22)23/h2-15,19,27-28,30H,16-18,20H2,1H3,(H,41,42)(H,43,44)(H,45,46)(H,36,38,40)/t27-,28-,30-/m1/s1. The molecule has 4 N–H and O–H groups in total. The van der Waals surface area contributed by atoms with Gasteiger partial charge in [-0.05, 0) is 52.1 Å². The van der Waals surface area contributed by atoms with Crippen molar-refractivity contribution in [2.75, 3.05) is 19.0 Å². The molecule has 0 spiro atoms. The minimum absolute atomic E-state index is 0.0967. The van der Waals surface area contributed by atoms with Crippen LogP contribution in [0.25, 0.3) is 32.3 Å². The highest BCUT2D eigenvalue weighted by Crippen LogP contribution is 2.67. The molecule has 1 aliphatic rings. The number of aromatic amines is 1. The number of benzene rings is 5. The van der Waals surface area contributed by atoms with Crippen LogP contribution in [0.3, 0.4) is 0 Å². The van der Waals surface area contributed by atoms with Gasteiger partial charge in [-0.2, -0.15) is 8.62 Å². The summed E-state index contributed by atoms with van der Waals surface area (Å²) in [6.07, 6.45) is -2.94. The summed E-state index contributed by atoms with van der Waals surface area (Å²) in [6, 6.07) is 23.5. The molecule has 23 heteroatoms. The second kappa shape index (κ2) is 16.0. The van der Waals surface area contributed by atoms with Gasteiger partial charge in [0, 0.05) is 23.6 Å². The normalized spacial score (nSPS) is 20.5. The van der Waals surface area contributed by atoms with Gasteiger partial charge in [-0.15, -0.1) is 0 Å². The highest BCUT2D eigenvalue weighted by Gasteiger charge is 2.45. The predicted molar refractivity (Wildman–Crippen MR) is 206 cm³/mol. The Labute approximate surface area is 327 Å². The van der Waals surface area contributed by atoms with Crippen molar-refractivity contribution in [1.29, 1.82) is 0 Å². The minimum Gasteiger partial charge on any atom is -0.456 e. The first-order valence-electron chi connectivity index (χ1n) is 17.1. The van der Waals surface area contributed by atoms with Crippen molar-refractivity contribution in [3.8, 4) is 0 Å². The van der Waals surface area contributed by atoms with Crippen LogP contribution in [0.4, 0.5) is 0 Å². The van der Waals surface area contributed by atoms with Crippen LogP contribution in [0.15, 0.2) is 106 Å². The fraction of sp³-hybridized carbons (Fsp3) is 0.229. The average molecular weight is 879 g/mol. The highest BCUT2D eigenvalue weighted by atomic mass is 32.2. The first-order valence-corrected chi connectivity index (χ1v) is 23.3. The number of sulfone groups is 1. The molecule has 1 fully saturated rings. The zero-order valence-electron chi connectivity index (χ0n) is 30.0. The van der Waals surface area contributed by atoms with E-state index in [1.807, 2.05) is 30.3 Å². The summed E-state index contributed by atoms with van der Waals surface area (Å²) in [6.45, 7) is -0.589. The maximum Gasteiger partial charge on any atom is 0.490 e. The molecular weight excluding hydrogens is 845 g/mol. The number of carbonyl (C=O) groups is 1. The molecule has 1 aliphatic heterocycles. The fourth-order valence-corrected chi connectivity index (χ4v) is 11.5. The van der Waals surface area contributed by atoms with E-state index in [0.29, 0.717) is 10.8 Å². The number of aryl methyl sites for hydroxylation is 1. The molecule has 0 saturated carbocycles. The van der Waals surface area contributed by atoms with Gasteiger partial charge in [0.05, 0.1) is 29.4 Å². The van der Waals surface area contributed by atoms with E-state index in [9.17, 15) is 51.2 Å². The molecule has 1 saturated heterocycles. The number of hydrogen-bond donors (Lipinski definition) is 4. The SMILES string of the molecule is Cc1cn([C@H]2C[C@@H](OC(=O)c3ccccc3)[C@@H](COP(=O)(O)OP(=O)(O)OP(=O)(O)OCCS(=O)(=O)c3ccc4ccc5cccc6ccc3c4c56)O2)c(=O)[nH]c1=O. The average Bonchev–Trinajstić information content (AvgIpc) is 3.55. The Bertz CT molecular complexity index is 2910. The lowest BCUT2D eigenvalue weighted by atomic mass is 9.94. The largest absolute Gasteiger partial charge is 0.490 e. The topological polar surface area (TPSA) is 273 Å². The number of aromatic nitrogens is 2. The molecule has 7 rings (SSSR count). The molecule has 306 valence electrons. The number of carbonyl (C=O) groups excluding carboxylic acids is 1. The number of hydrogen-bond acceptors (Lipinski definition) is 14. The van der Waals surface area contributed by atoms with E-state index >= 15 is 0 Å². The van der Waals surface area contributed by atoms with E-state index in [1.165, 1.54) is 31.3 Å². The maximum absolute atomic E-state index is 13.4. The number of nitrogens with one attached hydrogen (secondary N) is 1. The predicted octanol–water partition coefficient (Wildman–Crippen LogP) is 5.10. The van der Waals surface area contributed by atoms with E-state index in [1.54, 1.807) is 36.4 Å². The summed E-state index contributed by atoms with van der Waals surface area (Å²) in [5, 5.41) is 4.53. The molecule has 3 unspecified atom stereocenters. The Morgan fingerprint density at radius 2 is 1.45 bits per heavy atom. The van der Waals surface area contributed by atoms with Crippen molar-refractivity contribution in [3.05, 3.63) is 123 Å². The molecular formula is C35H33N2O17P3S. The van der Waals surface area contributed by atoms with E-state index in [2.05, 4.69) is 18.1 Å². The van der Waals surface area contributed by atoms with Crippen LogP contribution in [-0.2, 0) is 50.7 Å². The van der Waals surface area contributed by atoms with Gasteiger partial charge in [0.2, 0.25) is 0 Å². The third-order valence-corrected chi connectivity index (χ3v) is 15.2. The minimum atomic E-state index is -5.99. The van der Waals surface area contributed by atoms with Crippen LogP contribution in [0.2, 0.25) is 0 Å². The third-order valence-electron chi connectivity index (χ3n) is 9.15. The van der Waals surface area contributed by atoms with E-state index < -0.39 is 87.9 Å². The molecule has 6 atom stereocenters. The number of ether oxygens (including phenoxy) is 2. The highest BCUT2D eigenvalue weighted by molar-refractivity contribution is 7.91. The lowest BCUT2D eigenvalue weighted by molar-refractivity contribution is -0.0511. The number of nitrogens with zero attached hydrogens (tertiary/aromatic N) is 1. The smallest absolute Gasteiger partial charge is 0.456 e. The molecule has 0 radical (unpaired) electrons. The third kappa shape index (κ3) is 9.09. The Kier molecular flexibility index (Phi) is 11.5. The van der Waals surface area contributed by atoms with Crippen LogP contribution in [0.1, 0.15) is 28.6 Å². The van der Waals surface area contributed by atoms with Crippen LogP contribution in [0, 0.1) is 6.92 Å². The number of rotatable bonds is 15. The molecule has 0 bridgehead atoms. The lowest BCUT2D eigenvalue weighted by Gasteiger charge is -2.21. The van der Waals surface area contributed by atoms with E-state index in [4.69, 9.17) is 14.0 Å². The van der Waals surface area contributed by atoms with E-state index in [-0.39, 0.29) is 22.4 Å². The van der Waals surface area contributed by atoms with Gasteiger partial charge >= 0.3 is 35.1 Å². The first kappa shape index (κ1) is 41.8. The van der Waals surface area contributed by atoms with Gasteiger partial charge in [0.25, 0.3) is 5.56 Å². The maximum atomic E-state index is 13.4. The number of phosphoric ester groups is 2. The molecule has 1 aromatic heterocycles. The molecule has 0 amide bonds. The summed E-state index contributed by atoms with van der Waals surface area (Å²) >= 11 is 0. The van der Waals surface area contributed by atoms with E-state index in [0.717, 1.165) is 26.1 Å². The van der Waals surface area contributed by atoms with Crippen molar-refractivity contribution in [1.82, 2.24) is 9.55 Å². The van der Waals surface area contributed by atoms with Crippen molar-refractivity contribution in [3.63, 3.8) is 0 Å². The zero-order valence-corrected chi connectivity index (χ0v) is 33.5. The second-order valence-corrected chi connectivity index (χ2v) is 19.8. The summed E-state index contributed by atoms with van der Waals surface area (Å²) in [5.74, 6) is -1.73. The monoisotopic (exact) mass is 878 g/mol. The van der Waals surface area contributed by atoms with Crippen LogP contribution in [-0.4, -0.2) is 69.8 Å². The molecule has 2 heterocycles. The Morgan fingerprint density at radius 3 is 2.14 bits per heavy atom. The van der Waals surface area contributed by atoms with Crippen molar-refractivity contribution in [2.24, 2.45) is 0 Å². The van der Waals surface area contributed by atoms with Gasteiger partial charge in [-0.1, -0.05) is 66.7 Å². The van der Waals surface area contributed by atoms with Crippen molar-refractivity contribution < 1.29 is 68.7 Å². The summed E-state index contributed by atoms with van der Waals surface area (Å²) in [7, 11) is -21.5. The number of esters is 1.